The van der Waals surface area contributed by atoms with E-state index in [1.807, 2.05) is 55.5 Å². The molecular weight excluding hydrogens is 526 g/mol. The maximum atomic E-state index is 13.2. The summed E-state index contributed by atoms with van der Waals surface area (Å²) in [6, 6.07) is 22.7. The molecule has 8 nitrogen and oxygen atoms in total. The van der Waals surface area contributed by atoms with E-state index in [4.69, 9.17) is 5.10 Å². The molecule has 1 fully saturated rings. The van der Waals surface area contributed by atoms with Crippen LogP contribution in [0, 0.1) is 0 Å². The smallest absolute Gasteiger partial charge is 0.251 e. The van der Waals surface area contributed by atoms with Gasteiger partial charge in [-0.1, -0.05) is 55.7 Å². The highest BCUT2D eigenvalue weighted by atomic mass is 16.2. The Balaban J connectivity index is 1.24. The van der Waals surface area contributed by atoms with Crippen LogP contribution in [0.2, 0.25) is 0 Å². The predicted octanol–water partition coefficient (Wildman–Crippen LogP) is 5.98. The fourth-order valence-corrected chi connectivity index (χ4v) is 5.56. The first-order valence-electron chi connectivity index (χ1n) is 14.6. The van der Waals surface area contributed by atoms with Gasteiger partial charge in [-0.25, -0.2) is 4.68 Å². The molecule has 1 aliphatic rings. The fraction of sp³-hybridized carbons (Fsp3) is 0.294. The summed E-state index contributed by atoms with van der Waals surface area (Å²) in [5, 5.41) is 14.4. The number of nitrogens with one attached hydrogen (secondary N) is 3. The number of para-hydroxylation sites is 1. The third-order valence-electron chi connectivity index (χ3n) is 7.70. The lowest BCUT2D eigenvalue weighted by Gasteiger charge is -2.23. The number of likely N-dealkylation sites (N-methyl/N-ethyl adjacent to an activating group) is 1. The first-order valence-corrected chi connectivity index (χ1v) is 14.6. The molecule has 3 amide bonds. The molecular formula is C34H37N5O3. The second-order valence-electron chi connectivity index (χ2n) is 10.9. The molecule has 1 aliphatic carbocycles. The van der Waals surface area contributed by atoms with Gasteiger partial charge in [0.1, 0.15) is 0 Å². The SMILES string of the molecule is CNC(=O)C=Cc1ccc(NC(=O)C[C@@H](C)NC(=O)c2ccc3c(C4CCCCC4)n(-c4ccccc4)nc3c2)cc1. The van der Waals surface area contributed by atoms with E-state index < -0.39 is 0 Å². The quantitative estimate of drug-likeness (QED) is 0.218. The first kappa shape index (κ1) is 28.8. The molecule has 0 radical (unpaired) electrons. The minimum absolute atomic E-state index is 0.126. The summed E-state index contributed by atoms with van der Waals surface area (Å²) in [4.78, 5) is 37.2. The Hall–Kier alpha value is -4.72. The van der Waals surface area contributed by atoms with Crippen molar-refractivity contribution >= 4 is 40.4 Å². The van der Waals surface area contributed by atoms with Crippen LogP contribution in [0.5, 0.6) is 0 Å². The van der Waals surface area contributed by atoms with Crippen molar-refractivity contribution in [2.45, 2.75) is 57.4 Å². The maximum Gasteiger partial charge on any atom is 0.251 e. The van der Waals surface area contributed by atoms with Crippen molar-refractivity contribution in [1.82, 2.24) is 20.4 Å². The maximum absolute atomic E-state index is 13.2. The fourth-order valence-electron chi connectivity index (χ4n) is 5.56. The summed E-state index contributed by atoms with van der Waals surface area (Å²) in [6.07, 6.45) is 9.28. The van der Waals surface area contributed by atoms with Crippen molar-refractivity contribution in [3.05, 3.63) is 95.7 Å². The van der Waals surface area contributed by atoms with E-state index >= 15 is 0 Å². The number of rotatable bonds is 9. The highest BCUT2D eigenvalue weighted by Gasteiger charge is 2.24. The standard InChI is InChI=1S/C34H37N5O3/c1-23(21-32(41)37-27-17-13-24(14-18-27)15-20-31(40)35-2)36-34(42)26-16-19-29-30(22-26)38-39(28-11-7-4-8-12-28)33(29)25-9-5-3-6-10-25/h4,7-8,11-20,22-23,25H,3,5-6,9-10,21H2,1-2H3,(H,35,40)(H,36,42)(H,37,41)/t23-/m1/s1. The van der Waals surface area contributed by atoms with Gasteiger partial charge < -0.3 is 16.0 Å². The third-order valence-corrected chi connectivity index (χ3v) is 7.70. The predicted molar refractivity (Wildman–Crippen MR) is 167 cm³/mol. The normalized spacial score (nSPS) is 14.5. The summed E-state index contributed by atoms with van der Waals surface area (Å²) >= 11 is 0. The van der Waals surface area contributed by atoms with Gasteiger partial charge in [-0.15, -0.1) is 0 Å². The molecule has 0 aliphatic heterocycles. The van der Waals surface area contributed by atoms with Gasteiger partial charge in [0.2, 0.25) is 11.8 Å². The minimum Gasteiger partial charge on any atom is -0.356 e. The Morgan fingerprint density at radius 1 is 0.976 bits per heavy atom. The summed E-state index contributed by atoms with van der Waals surface area (Å²) in [5.41, 5.74) is 5.05. The van der Waals surface area contributed by atoms with Crippen LogP contribution in [0.4, 0.5) is 5.69 Å². The molecule has 4 aromatic rings. The van der Waals surface area contributed by atoms with Crippen LogP contribution in [-0.2, 0) is 9.59 Å². The van der Waals surface area contributed by atoms with Gasteiger partial charge in [0, 0.05) is 48.1 Å². The Morgan fingerprint density at radius 2 is 1.71 bits per heavy atom. The van der Waals surface area contributed by atoms with Gasteiger partial charge >= 0.3 is 0 Å². The highest BCUT2D eigenvalue weighted by Crippen LogP contribution is 2.38. The van der Waals surface area contributed by atoms with Crippen LogP contribution in [0.1, 0.15) is 73.0 Å². The van der Waals surface area contributed by atoms with E-state index in [0.717, 1.165) is 35.0 Å². The number of fused-ring (bicyclic) bond motifs is 1. The average molecular weight is 564 g/mol. The molecule has 0 spiro atoms. The lowest BCUT2D eigenvalue weighted by molar-refractivity contribution is -0.117. The second kappa shape index (κ2) is 13.3. The molecule has 216 valence electrons. The van der Waals surface area contributed by atoms with E-state index in [1.54, 1.807) is 25.3 Å². The van der Waals surface area contributed by atoms with Crippen LogP contribution in [0.25, 0.3) is 22.7 Å². The van der Waals surface area contributed by atoms with Gasteiger partial charge in [-0.2, -0.15) is 5.10 Å². The first-order chi connectivity index (χ1) is 20.4. The third kappa shape index (κ3) is 6.94. The van der Waals surface area contributed by atoms with Gasteiger partial charge in [-0.05, 0) is 67.8 Å². The molecule has 3 N–H and O–H groups in total. The number of carbonyl (C=O) groups excluding carboxylic acids is 3. The molecule has 1 heterocycles. The monoisotopic (exact) mass is 563 g/mol. The Morgan fingerprint density at radius 3 is 2.43 bits per heavy atom. The summed E-state index contributed by atoms with van der Waals surface area (Å²) in [7, 11) is 1.57. The van der Waals surface area contributed by atoms with E-state index in [0.29, 0.717) is 17.2 Å². The van der Waals surface area contributed by atoms with Crippen molar-refractivity contribution in [3.63, 3.8) is 0 Å². The number of hydrogen-bond acceptors (Lipinski definition) is 4. The molecule has 0 bridgehead atoms. The zero-order valence-corrected chi connectivity index (χ0v) is 24.1. The molecule has 1 aromatic heterocycles. The lowest BCUT2D eigenvalue weighted by Crippen LogP contribution is -2.35. The van der Waals surface area contributed by atoms with Gasteiger partial charge in [0.25, 0.3) is 5.91 Å². The number of benzene rings is 3. The van der Waals surface area contributed by atoms with Gasteiger partial charge in [-0.3, -0.25) is 14.4 Å². The molecule has 0 saturated heterocycles. The molecule has 1 atom stereocenters. The van der Waals surface area contributed by atoms with Gasteiger partial charge in [0.15, 0.2) is 0 Å². The summed E-state index contributed by atoms with van der Waals surface area (Å²) < 4.78 is 2.06. The molecule has 8 heteroatoms. The molecule has 3 aromatic carbocycles. The van der Waals surface area contributed by atoms with Crippen molar-refractivity contribution < 1.29 is 14.4 Å². The van der Waals surface area contributed by atoms with E-state index in [1.165, 1.54) is 31.0 Å². The van der Waals surface area contributed by atoms with Crippen molar-refractivity contribution in [2.75, 3.05) is 12.4 Å². The number of hydrogen-bond donors (Lipinski definition) is 3. The van der Waals surface area contributed by atoms with Crippen LogP contribution in [0.3, 0.4) is 0 Å². The van der Waals surface area contributed by atoms with Crippen molar-refractivity contribution in [1.29, 1.82) is 0 Å². The van der Waals surface area contributed by atoms with Crippen molar-refractivity contribution in [3.8, 4) is 5.69 Å². The molecule has 1 saturated carbocycles. The largest absolute Gasteiger partial charge is 0.356 e. The number of carbonyl (C=O) groups is 3. The number of nitrogens with zero attached hydrogens (tertiary/aromatic N) is 2. The minimum atomic E-state index is -0.373. The summed E-state index contributed by atoms with van der Waals surface area (Å²) in [5.74, 6) is -0.185. The van der Waals surface area contributed by atoms with E-state index in [-0.39, 0.29) is 30.2 Å². The Kier molecular flexibility index (Phi) is 9.12. The van der Waals surface area contributed by atoms with E-state index in [2.05, 4.69) is 32.8 Å². The highest BCUT2D eigenvalue weighted by molar-refractivity contribution is 5.99. The van der Waals surface area contributed by atoms with Crippen LogP contribution >= 0.6 is 0 Å². The van der Waals surface area contributed by atoms with Gasteiger partial charge in [0.05, 0.1) is 16.9 Å². The lowest BCUT2D eigenvalue weighted by atomic mass is 9.85. The number of amides is 3. The average Bonchev–Trinajstić information content (AvgIpc) is 3.40. The second-order valence-corrected chi connectivity index (χ2v) is 10.9. The number of anilines is 1. The topological polar surface area (TPSA) is 105 Å². The Bertz CT molecular complexity index is 1580. The van der Waals surface area contributed by atoms with Crippen LogP contribution < -0.4 is 16.0 Å². The molecule has 0 unspecified atom stereocenters. The van der Waals surface area contributed by atoms with Crippen LogP contribution in [-0.4, -0.2) is 40.6 Å². The summed E-state index contributed by atoms with van der Waals surface area (Å²) in [6.45, 7) is 1.81. The van der Waals surface area contributed by atoms with Crippen molar-refractivity contribution in [2.24, 2.45) is 0 Å². The zero-order valence-electron chi connectivity index (χ0n) is 24.1. The number of aromatic nitrogens is 2. The van der Waals surface area contributed by atoms with Crippen LogP contribution in [0.15, 0.2) is 78.9 Å². The molecule has 5 rings (SSSR count). The molecule has 42 heavy (non-hydrogen) atoms. The van der Waals surface area contributed by atoms with E-state index in [9.17, 15) is 14.4 Å². The zero-order chi connectivity index (χ0) is 29.5. The Labute approximate surface area is 246 Å².